The summed E-state index contributed by atoms with van der Waals surface area (Å²) < 4.78 is 0. The van der Waals surface area contributed by atoms with Gasteiger partial charge in [-0.1, -0.05) is 18.7 Å². The largest absolute Gasteiger partial charge is 0.267 e. The third-order valence-corrected chi connectivity index (χ3v) is 1.55. The first-order chi connectivity index (χ1) is 6.24. The van der Waals surface area contributed by atoms with Gasteiger partial charge in [-0.3, -0.25) is 5.01 Å². The van der Waals surface area contributed by atoms with Crippen molar-refractivity contribution in [2.24, 2.45) is 10.1 Å². The quantitative estimate of drug-likeness (QED) is 0.465. The molecule has 68 valence electrons. The molecular weight excluding hydrogens is 162 g/mol. The second-order valence-electron chi connectivity index (χ2n) is 2.75. The van der Waals surface area contributed by atoms with Crippen LogP contribution >= 0.6 is 0 Å². The number of nitrogens with zero attached hydrogens (tertiary/aromatic N) is 3. The first-order valence-corrected chi connectivity index (χ1v) is 4.05. The molecule has 3 heteroatoms. The van der Waals surface area contributed by atoms with Gasteiger partial charge in [-0.05, 0) is 25.3 Å². The molecular formula is C10H13N3. The Morgan fingerprint density at radius 1 is 1.46 bits per heavy atom. The second kappa shape index (κ2) is 4.40. The van der Waals surface area contributed by atoms with Crippen LogP contribution in [0.25, 0.3) is 0 Å². The van der Waals surface area contributed by atoms with Crippen LogP contribution in [0.3, 0.4) is 0 Å². The fraction of sp³-hybridized carbons (Fsp3) is 0.200. The molecule has 1 aliphatic heterocycles. The number of amidine groups is 1. The molecule has 0 N–H and O–H groups in total. The molecule has 0 amide bonds. The summed E-state index contributed by atoms with van der Waals surface area (Å²) in [5, 5.41) is 6.03. The van der Waals surface area contributed by atoms with Gasteiger partial charge >= 0.3 is 0 Å². The smallest absolute Gasteiger partial charge is 0.173 e. The number of hydrogen-bond donors (Lipinski definition) is 0. The van der Waals surface area contributed by atoms with Gasteiger partial charge in [-0.15, -0.1) is 0 Å². The van der Waals surface area contributed by atoms with Crippen LogP contribution in [0, 0.1) is 0 Å². The van der Waals surface area contributed by atoms with Crippen LogP contribution in [-0.4, -0.2) is 24.1 Å². The Kier molecular flexibility index (Phi) is 3.20. The van der Waals surface area contributed by atoms with E-state index >= 15 is 0 Å². The van der Waals surface area contributed by atoms with E-state index in [1.54, 1.807) is 5.01 Å². The number of hydrazone groups is 1. The average molecular weight is 175 g/mol. The summed E-state index contributed by atoms with van der Waals surface area (Å²) in [5.41, 5.74) is 0.818. The molecule has 0 aromatic carbocycles. The monoisotopic (exact) mass is 175 g/mol. The van der Waals surface area contributed by atoms with Gasteiger partial charge in [0.15, 0.2) is 5.84 Å². The average Bonchev–Trinajstić information content (AvgIpc) is 2.15. The maximum atomic E-state index is 4.24. The van der Waals surface area contributed by atoms with Crippen molar-refractivity contribution in [1.29, 1.82) is 0 Å². The van der Waals surface area contributed by atoms with Crippen LogP contribution in [0.4, 0.5) is 0 Å². The van der Waals surface area contributed by atoms with Crippen LogP contribution in [0.15, 0.2) is 46.7 Å². The molecule has 1 aliphatic rings. The molecule has 0 bridgehead atoms. The number of allylic oxidation sites excluding steroid dienone is 2. The lowest BCUT2D eigenvalue weighted by Crippen LogP contribution is -2.14. The van der Waals surface area contributed by atoms with Gasteiger partial charge < -0.3 is 0 Å². The highest BCUT2D eigenvalue weighted by Crippen LogP contribution is 2.03. The van der Waals surface area contributed by atoms with Gasteiger partial charge in [-0.2, -0.15) is 5.10 Å². The van der Waals surface area contributed by atoms with Gasteiger partial charge in [0.25, 0.3) is 0 Å². The molecule has 0 saturated heterocycles. The summed E-state index contributed by atoms with van der Waals surface area (Å²) >= 11 is 0. The third-order valence-electron chi connectivity index (χ3n) is 1.55. The number of rotatable bonds is 2. The minimum absolute atomic E-state index is 0.583. The Bertz CT molecular complexity index is 297. The van der Waals surface area contributed by atoms with E-state index < -0.39 is 0 Å². The van der Waals surface area contributed by atoms with Gasteiger partial charge in [0, 0.05) is 6.20 Å². The van der Waals surface area contributed by atoms with E-state index in [4.69, 9.17) is 0 Å². The number of hydrogen-bond acceptors (Lipinski definition) is 2. The Hall–Kier alpha value is -1.64. The third kappa shape index (κ3) is 2.71. The molecule has 13 heavy (non-hydrogen) atoms. The molecule has 3 nitrogen and oxygen atoms in total. The highest BCUT2D eigenvalue weighted by Gasteiger charge is 2.00. The molecule has 1 rings (SSSR count). The molecule has 0 fully saturated rings. The highest BCUT2D eigenvalue weighted by atomic mass is 15.5. The predicted molar refractivity (Wildman–Crippen MR) is 56.8 cm³/mol. The zero-order valence-corrected chi connectivity index (χ0v) is 7.77. The number of aliphatic imine (C=N–C) groups is 1. The van der Waals surface area contributed by atoms with Crippen molar-refractivity contribution in [3.05, 3.63) is 36.6 Å². The summed E-state index contributed by atoms with van der Waals surface area (Å²) in [7, 11) is 0. The predicted octanol–water partition coefficient (Wildman–Crippen LogP) is 1.96. The molecule has 0 aromatic rings. The maximum Gasteiger partial charge on any atom is 0.173 e. The first-order valence-electron chi connectivity index (χ1n) is 4.05. The fourth-order valence-corrected chi connectivity index (χ4v) is 0.905. The zero-order valence-electron chi connectivity index (χ0n) is 7.77. The molecule has 0 aliphatic carbocycles. The van der Waals surface area contributed by atoms with E-state index in [9.17, 15) is 0 Å². The fourth-order valence-electron chi connectivity index (χ4n) is 0.905. The topological polar surface area (TPSA) is 28.0 Å². The Morgan fingerprint density at radius 3 is 2.69 bits per heavy atom. The minimum atomic E-state index is 0.583. The van der Waals surface area contributed by atoms with Gasteiger partial charge in [0.1, 0.15) is 0 Å². The van der Waals surface area contributed by atoms with Gasteiger partial charge in [-0.25, -0.2) is 4.99 Å². The van der Waals surface area contributed by atoms with E-state index in [2.05, 4.69) is 23.4 Å². The van der Waals surface area contributed by atoms with Crippen molar-refractivity contribution in [1.82, 2.24) is 5.01 Å². The SMILES string of the molecule is C=N/C(=N\N1C=CC=CC1)C(=C)C. The maximum absolute atomic E-state index is 4.24. The van der Waals surface area contributed by atoms with E-state index in [1.807, 2.05) is 31.4 Å². The Balaban J connectivity index is 2.73. The van der Waals surface area contributed by atoms with Crippen LogP contribution < -0.4 is 0 Å². The van der Waals surface area contributed by atoms with E-state index in [-0.39, 0.29) is 0 Å². The highest BCUT2D eigenvalue weighted by molar-refractivity contribution is 5.99. The Morgan fingerprint density at radius 2 is 2.23 bits per heavy atom. The molecule has 1 heterocycles. The van der Waals surface area contributed by atoms with Crippen molar-refractivity contribution in [3.63, 3.8) is 0 Å². The van der Waals surface area contributed by atoms with Crippen LogP contribution in [0.5, 0.6) is 0 Å². The molecule has 0 radical (unpaired) electrons. The lowest BCUT2D eigenvalue weighted by molar-refractivity contribution is 0.439. The summed E-state index contributed by atoms with van der Waals surface area (Å²) in [6.45, 7) is 9.82. The van der Waals surface area contributed by atoms with Crippen molar-refractivity contribution in [2.45, 2.75) is 6.92 Å². The first kappa shape index (κ1) is 9.45. The van der Waals surface area contributed by atoms with Crippen LogP contribution in [0.1, 0.15) is 6.92 Å². The van der Waals surface area contributed by atoms with Crippen LogP contribution in [0.2, 0.25) is 0 Å². The summed E-state index contributed by atoms with van der Waals surface area (Å²) in [6.07, 6.45) is 7.80. The molecule has 0 saturated carbocycles. The van der Waals surface area contributed by atoms with Gasteiger partial charge in [0.05, 0.1) is 6.54 Å². The van der Waals surface area contributed by atoms with Crippen LogP contribution in [-0.2, 0) is 0 Å². The van der Waals surface area contributed by atoms with E-state index in [0.29, 0.717) is 5.84 Å². The second-order valence-corrected chi connectivity index (χ2v) is 2.75. The lowest BCUT2D eigenvalue weighted by atomic mass is 10.3. The van der Waals surface area contributed by atoms with Gasteiger partial charge in [0.2, 0.25) is 0 Å². The van der Waals surface area contributed by atoms with Crippen molar-refractivity contribution < 1.29 is 0 Å². The molecule has 0 spiro atoms. The van der Waals surface area contributed by atoms with E-state index in [0.717, 1.165) is 12.1 Å². The molecule has 0 aromatic heterocycles. The molecule has 0 unspecified atom stereocenters. The van der Waals surface area contributed by atoms with Crippen molar-refractivity contribution in [3.8, 4) is 0 Å². The molecule has 0 atom stereocenters. The summed E-state index contributed by atoms with van der Waals surface area (Å²) in [6, 6.07) is 0. The lowest BCUT2D eigenvalue weighted by Gasteiger charge is -2.14. The van der Waals surface area contributed by atoms with Crippen molar-refractivity contribution in [2.75, 3.05) is 6.54 Å². The standard InChI is InChI=1S/C10H13N3/c1-9(2)10(11-3)12-13-7-5-4-6-8-13/h4-7H,1,3,8H2,2H3/b12-10-. The summed E-state index contributed by atoms with van der Waals surface area (Å²) in [5.74, 6) is 0.583. The normalized spacial score (nSPS) is 16.1. The summed E-state index contributed by atoms with van der Waals surface area (Å²) in [4.78, 5) is 3.78. The minimum Gasteiger partial charge on any atom is -0.267 e. The zero-order chi connectivity index (χ0) is 9.68. The van der Waals surface area contributed by atoms with E-state index in [1.165, 1.54) is 0 Å². The Labute approximate surface area is 78.5 Å². The van der Waals surface area contributed by atoms with Crippen molar-refractivity contribution >= 4 is 12.6 Å².